The molecule has 2 fully saturated rings. The molecule has 3 rings (SSSR count). The highest BCUT2D eigenvalue weighted by Gasteiger charge is 2.29. The predicted octanol–water partition coefficient (Wildman–Crippen LogP) is 3.09. The fourth-order valence-electron chi connectivity index (χ4n) is 3.69. The minimum Gasteiger partial charge on any atom is -0.375 e. The van der Waals surface area contributed by atoms with E-state index in [0.29, 0.717) is 31.2 Å². The van der Waals surface area contributed by atoms with Crippen LogP contribution < -0.4 is 5.32 Å². The minimum absolute atomic E-state index is 0.0949. The number of sulfonamides is 1. The second kappa shape index (κ2) is 8.98. The summed E-state index contributed by atoms with van der Waals surface area (Å²) in [5.41, 5.74) is 1.70. The summed E-state index contributed by atoms with van der Waals surface area (Å²) in [7, 11) is -3.11. The molecule has 1 N–H and O–H groups in total. The zero-order chi connectivity index (χ0) is 20.3. The second-order valence-electron chi connectivity index (χ2n) is 7.57. The van der Waals surface area contributed by atoms with E-state index < -0.39 is 10.0 Å². The standard InChI is InChI=1S/C19H28ClN3O4S/c1-14-3-4-15(20)13-18(14)21-19(24)22-9-5-16(6-10-22)27-17-7-11-23(12-8-17)28(2,25)26/h3-4,13,16-17H,5-12H2,1-2H3,(H,21,24). The average molecular weight is 430 g/mol. The molecule has 9 heteroatoms. The maximum Gasteiger partial charge on any atom is 0.321 e. The highest BCUT2D eigenvalue weighted by molar-refractivity contribution is 7.88. The molecule has 0 aromatic heterocycles. The largest absolute Gasteiger partial charge is 0.375 e. The van der Waals surface area contributed by atoms with Gasteiger partial charge in [0.1, 0.15) is 0 Å². The van der Waals surface area contributed by atoms with Crippen LogP contribution >= 0.6 is 11.6 Å². The van der Waals surface area contributed by atoms with Crippen LogP contribution in [0.3, 0.4) is 0 Å². The smallest absolute Gasteiger partial charge is 0.321 e. The molecule has 2 heterocycles. The van der Waals surface area contributed by atoms with Crippen molar-refractivity contribution in [1.29, 1.82) is 0 Å². The molecule has 2 saturated heterocycles. The summed E-state index contributed by atoms with van der Waals surface area (Å²) in [6.45, 7) is 4.24. The molecule has 1 aromatic carbocycles. The van der Waals surface area contributed by atoms with E-state index in [1.54, 1.807) is 17.0 Å². The minimum atomic E-state index is -3.11. The summed E-state index contributed by atoms with van der Waals surface area (Å²) >= 11 is 6.01. The van der Waals surface area contributed by atoms with Gasteiger partial charge in [-0.25, -0.2) is 17.5 Å². The third-order valence-electron chi connectivity index (χ3n) is 5.43. The van der Waals surface area contributed by atoms with Crippen LogP contribution in [-0.4, -0.2) is 68.3 Å². The lowest BCUT2D eigenvalue weighted by Gasteiger charge is -2.36. The molecule has 0 bridgehead atoms. The van der Waals surface area contributed by atoms with Gasteiger partial charge in [-0.1, -0.05) is 17.7 Å². The fraction of sp³-hybridized carbons (Fsp3) is 0.632. The summed E-state index contributed by atoms with van der Waals surface area (Å²) in [4.78, 5) is 14.3. The molecular weight excluding hydrogens is 402 g/mol. The lowest BCUT2D eigenvalue weighted by atomic mass is 10.1. The number of benzene rings is 1. The van der Waals surface area contributed by atoms with Gasteiger partial charge < -0.3 is 15.0 Å². The molecule has 7 nitrogen and oxygen atoms in total. The number of halogens is 1. The van der Waals surface area contributed by atoms with Crippen LogP contribution in [0, 0.1) is 6.92 Å². The highest BCUT2D eigenvalue weighted by Crippen LogP contribution is 2.24. The Balaban J connectivity index is 1.43. The summed E-state index contributed by atoms with van der Waals surface area (Å²) in [5, 5.41) is 3.53. The molecule has 0 aliphatic carbocycles. The zero-order valence-corrected chi connectivity index (χ0v) is 17.9. The number of urea groups is 1. The fourth-order valence-corrected chi connectivity index (χ4v) is 4.74. The number of carbonyl (C=O) groups excluding carboxylic acids is 1. The van der Waals surface area contributed by atoms with Crippen molar-refractivity contribution < 1.29 is 17.9 Å². The van der Waals surface area contributed by atoms with Crippen LogP contribution in [0.4, 0.5) is 10.5 Å². The van der Waals surface area contributed by atoms with Crippen molar-refractivity contribution in [2.24, 2.45) is 0 Å². The van der Waals surface area contributed by atoms with Crippen molar-refractivity contribution in [2.45, 2.75) is 44.8 Å². The van der Waals surface area contributed by atoms with Gasteiger partial charge in [0.15, 0.2) is 0 Å². The molecular formula is C19H28ClN3O4S. The average Bonchev–Trinajstić information content (AvgIpc) is 2.65. The van der Waals surface area contributed by atoms with Crippen LogP contribution in [0.1, 0.15) is 31.2 Å². The molecule has 2 amide bonds. The normalized spacial score (nSPS) is 20.3. The molecule has 0 spiro atoms. The Morgan fingerprint density at radius 1 is 1.11 bits per heavy atom. The summed E-state index contributed by atoms with van der Waals surface area (Å²) < 4.78 is 30.9. The number of carbonyl (C=O) groups is 1. The monoisotopic (exact) mass is 429 g/mol. The number of rotatable bonds is 4. The van der Waals surface area contributed by atoms with Gasteiger partial charge in [-0.2, -0.15) is 0 Å². The Morgan fingerprint density at radius 3 is 2.25 bits per heavy atom. The first-order valence-corrected chi connectivity index (χ1v) is 11.9. The first-order valence-electron chi connectivity index (χ1n) is 9.65. The molecule has 0 saturated carbocycles. The third-order valence-corrected chi connectivity index (χ3v) is 6.96. The van der Waals surface area contributed by atoms with Crippen molar-refractivity contribution in [3.8, 4) is 0 Å². The lowest BCUT2D eigenvalue weighted by molar-refractivity contribution is -0.0542. The zero-order valence-electron chi connectivity index (χ0n) is 16.4. The number of ether oxygens (including phenoxy) is 1. The Bertz CT molecular complexity index is 801. The van der Waals surface area contributed by atoms with E-state index >= 15 is 0 Å². The molecule has 28 heavy (non-hydrogen) atoms. The highest BCUT2D eigenvalue weighted by atomic mass is 35.5. The number of anilines is 1. The Kier molecular flexibility index (Phi) is 6.85. The van der Waals surface area contributed by atoms with E-state index in [-0.39, 0.29) is 18.2 Å². The predicted molar refractivity (Wildman–Crippen MR) is 110 cm³/mol. The number of hydrogen-bond donors (Lipinski definition) is 1. The lowest BCUT2D eigenvalue weighted by Crippen LogP contribution is -2.45. The number of nitrogens with zero attached hydrogens (tertiary/aromatic N) is 2. The van der Waals surface area contributed by atoms with Gasteiger partial charge in [-0.3, -0.25) is 0 Å². The van der Waals surface area contributed by atoms with Crippen LogP contribution in [0.15, 0.2) is 18.2 Å². The summed E-state index contributed by atoms with van der Waals surface area (Å²) in [5.74, 6) is 0. The number of piperidine rings is 2. The van der Waals surface area contributed by atoms with Crippen LogP contribution in [0.2, 0.25) is 5.02 Å². The van der Waals surface area contributed by atoms with Crippen molar-refractivity contribution in [2.75, 3.05) is 37.8 Å². The van der Waals surface area contributed by atoms with E-state index in [0.717, 1.165) is 36.9 Å². The van der Waals surface area contributed by atoms with Crippen LogP contribution in [-0.2, 0) is 14.8 Å². The first-order chi connectivity index (χ1) is 13.2. The van der Waals surface area contributed by atoms with E-state index in [4.69, 9.17) is 16.3 Å². The van der Waals surface area contributed by atoms with Crippen molar-refractivity contribution in [1.82, 2.24) is 9.21 Å². The van der Waals surface area contributed by atoms with Gasteiger partial charge in [0.05, 0.1) is 18.5 Å². The first kappa shape index (κ1) is 21.4. The van der Waals surface area contributed by atoms with Crippen LogP contribution in [0.25, 0.3) is 0 Å². The van der Waals surface area contributed by atoms with Crippen molar-refractivity contribution in [3.05, 3.63) is 28.8 Å². The second-order valence-corrected chi connectivity index (χ2v) is 9.99. The van der Waals surface area contributed by atoms with Gasteiger partial charge in [-0.15, -0.1) is 0 Å². The van der Waals surface area contributed by atoms with Crippen LogP contribution in [0.5, 0.6) is 0 Å². The Morgan fingerprint density at radius 2 is 1.68 bits per heavy atom. The molecule has 156 valence electrons. The molecule has 2 aliphatic heterocycles. The Hall–Kier alpha value is -1.35. The number of nitrogens with one attached hydrogen (secondary N) is 1. The van der Waals surface area contributed by atoms with Gasteiger partial charge in [0.25, 0.3) is 0 Å². The van der Waals surface area contributed by atoms with Crippen molar-refractivity contribution >= 4 is 33.3 Å². The topological polar surface area (TPSA) is 79.0 Å². The van der Waals surface area contributed by atoms with Gasteiger partial charge in [-0.05, 0) is 50.3 Å². The maximum absolute atomic E-state index is 12.5. The molecule has 0 atom stereocenters. The van der Waals surface area contributed by atoms with E-state index in [9.17, 15) is 13.2 Å². The summed E-state index contributed by atoms with van der Waals surface area (Å²) in [6, 6.07) is 5.32. The number of hydrogen-bond acceptors (Lipinski definition) is 4. The van der Waals surface area contributed by atoms with Gasteiger partial charge >= 0.3 is 6.03 Å². The molecule has 2 aliphatic rings. The van der Waals surface area contributed by atoms with Gasteiger partial charge in [0.2, 0.25) is 10.0 Å². The molecule has 1 aromatic rings. The third kappa shape index (κ3) is 5.59. The van der Waals surface area contributed by atoms with Gasteiger partial charge in [0, 0.05) is 36.9 Å². The summed E-state index contributed by atoms with van der Waals surface area (Å²) in [6.07, 6.45) is 4.48. The molecule has 0 radical (unpaired) electrons. The Labute approximate surface area is 172 Å². The SMILES string of the molecule is Cc1ccc(Cl)cc1NC(=O)N1CCC(OC2CCN(S(C)(=O)=O)CC2)CC1. The number of aryl methyl sites for hydroxylation is 1. The van der Waals surface area contributed by atoms with Crippen molar-refractivity contribution in [3.63, 3.8) is 0 Å². The number of likely N-dealkylation sites (tertiary alicyclic amines) is 1. The quantitative estimate of drug-likeness (QED) is 0.797. The van der Waals surface area contributed by atoms with E-state index in [2.05, 4.69) is 5.32 Å². The molecule has 0 unspecified atom stereocenters. The van der Waals surface area contributed by atoms with E-state index in [1.165, 1.54) is 10.6 Å². The maximum atomic E-state index is 12.5. The number of amides is 2. The van der Waals surface area contributed by atoms with E-state index in [1.807, 2.05) is 13.0 Å².